The fourth-order valence-electron chi connectivity index (χ4n) is 2.11. The first-order chi connectivity index (χ1) is 11.3. The lowest BCUT2D eigenvalue weighted by Gasteiger charge is -2.14. The highest BCUT2D eigenvalue weighted by atomic mass is 79.9. The van der Waals surface area contributed by atoms with E-state index in [0.29, 0.717) is 10.2 Å². The second-order valence-corrected chi connectivity index (χ2v) is 7.51. The van der Waals surface area contributed by atoms with Crippen LogP contribution >= 0.6 is 15.9 Å². The third-order valence-electron chi connectivity index (χ3n) is 3.24. The van der Waals surface area contributed by atoms with Gasteiger partial charge in [-0.1, -0.05) is 22.0 Å². The summed E-state index contributed by atoms with van der Waals surface area (Å²) in [6.07, 6.45) is 0. The summed E-state index contributed by atoms with van der Waals surface area (Å²) >= 11 is 3.22. The largest absolute Gasteiger partial charge is 0.495 e. The van der Waals surface area contributed by atoms with Crippen LogP contribution in [0.1, 0.15) is 15.9 Å². The Balaban J connectivity index is 2.53. The highest BCUT2D eigenvalue weighted by Gasteiger charge is 2.24. The number of nitrogens with one attached hydrogen (secondary N) is 1. The van der Waals surface area contributed by atoms with Gasteiger partial charge in [0.2, 0.25) is 0 Å². The van der Waals surface area contributed by atoms with Crippen LogP contribution in [-0.4, -0.2) is 28.6 Å². The minimum absolute atomic E-state index is 0.0639. The van der Waals surface area contributed by atoms with E-state index < -0.39 is 16.0 Å². The maximum atomic E-state index is 12.7. The van der Waals surface area contributed by atoms with Gasteiger partial charge >= 0.3 is 5.97 Å². The first-order valence-corrected chi connectivity index (χ1v) is 9.11. The van der Waals surface area contributed by atoms with Crippen molar-refractivity contribution in [3.63, 3.8) is 0 Å². The van der Waals surface area contributed by atoms with Crippen molar-refractivity contribution < 1.29 is 22.7 Å². The molecule has 2 aromatic carbocycles. The van der Waals surface area contributed by atoms with Crippen LogP contribution in [0.5, 0.6) is 5.75 Å². The smallest absolute Gasteiger partial charge is 0.339 e. The molecule has 0 unspecified atom stereocenters. The number of carbonyl (C=O) groups is 1. The Kier molecular flexibility index (Phi) is 5.51. The van der Waals surface area contributed by atoms with Crippen molar-refractivity contribution >= 4 is 37.6 Å². The molecule has 6 nitrogen and oxygen atoms in total. The topological polar surface area (TPSA) is 81.7 Å². The van der Waals surface area contributed by atoms with Gasteiger partial charge in [-0.3, -0.25) is 4.72 Å². The molecule has 0 fully saturated rings. The zero-order chi connectivity index (χ0) is 17.9. The first kappa shape index (κ1) is 18.3. The molecule has 0 bridgehead atoms. The minimum Gasteiger partial charge on any atom is -0.495 e. The minimum atomic E-state index is -4.02. The van der Waals surface area contributed by atoms with Gasteiger partial charge in [0.25, 0.3) is 10.0 Å². The fourth-order valence-corrected chi connectivity index (χ4v) is 3.71. The first-order valence-electron chi connectivity index (χ1n) is 6.84. The highest BCUT2D eigenvalue weighted by molar-refractivity contribution is 9.10. The van der Waals surface area contributed by atoms with Crippen LogP contribution in [0.4, 0.5) is 5.69 Å². The Morgan fingerprint density at radius 2 is 1.83 bits per heavy atom. The standard InChI is InChI=1S/C16H16BrNO5S/c1-10-4-6-14(22-2)13(8-10)18-24(20,21)15-7-5-11(17)9-12(15)16(19)23-3/h4-9,18H,1-3H3. The molecule has 2 rings (SSSR count). The molecular weight excluding hydrogens is 398 g/mol. The van der Waals surface area contributed by atoms with Gasteiger partial charge in [0.1, 0.15) is 10.6 Å². The lowest BCUT2D eigenvalue weighted by molar-refractivity contribution is 0.0596. The van der Waals surface area contributed by atoms with E-state index in [1.54, 1.807) is 18.2 Å². The maximum Gasteiger partial charge on any atom is 0.339 e. The molecule has 0 aliphatic heterocycles. The van der Waals surface area contributed by atoms with Crippen molar-refractivity contribution in [2.24, 2.45) is 0 Å². The Bertz CT molecular complexity index is 880. The molecule has 0 aromatic heterocycles. The average Bonchev–Trinajstić information content (AvgIpc) is 2.53. The molecule has 0 spiro atoms. The Labute approximate surface area is 149 Å². The van der Waals surface area contributed by atoms with Crippen molar-refractivity contribution in [1.82, 2.24) is 0 Å². The SMILES string of the molecule is COC(=O)c1cc(Br)ccc1S(=O)(=O)Nc1cc(C)ccc1OC. The van der Waals surface area contributed by atoms with Gasteiger partial charge in [0.05, 0.1) is 25.5 Å². The summed E-state index contributed by atoms with van der Waals surface area (Å²) in [6, 6.07) is 9.38. The molecule has 0 amide bonds. The molecule has 8 heteroatoms. The van der Waals surface area contributed by atoms with Gasteiger partial charge in [-0.25, -0.2) is 13.2 Å². The number of aryl methyl sites for hydroxylation is 1. The summed E-state index contributed by atoms with van der Waals surface area (Å²) in [5.41, 5.74) is 1.08. The van der Waals surface area contributed by atoms with Crippen LogP contribution in [0, 0.1) is 6.92 Å². The summed E-state index contributed by atoms with van der Waals surface area (Å²) in [7, 11) is -1.38. The molecule has 24 heavy (non-hydrogen) atoms. The second-order valence-electron chi connectivity index (χ2n) is 4.94. The van der Waals surface area contributed by atoms with Crippen LogP contribution < -0.4 is 9.46 Å². The van der Waals surface area contributed by atoms with Crippen molar-refractivity contribution in [2.45, 2.75) is 11.8 Å². The van der Waals surface area contributed by atoms with Crippen LogP contribution in [0.2, 0.25) is 0 Å². The van der Waals surface area contributed by atoms with E-state index >= 15 is 0 Å². The van der Waals surface area contributed by atoms with Gasteiger partial charge in [0.15, 0.2) is 0 Å². The van der Waals surface area contributed by atoms with Gasteiger partial charge in [-0.15, -0.1) is 0 Å². The number of halogens is 1. The molecular formula is C16H16BrNO5S. The number of benzene rings is 2. The van der Waals surface area contributed by atoms with E-state index in [0.717, 1.165) is 5.56 Å². The quantitative estimate of drug-likeness (QED) is 0.759. The number of esters is 1. The number of hydrogen-bond donors (Lipinski definition) is 1. The van der Waals surface area contributed by atoms with E-state index in [4.69, 9.17) is 4.74 Å². The molecule has 0 heterocycles. The molecule has 0 saturated carbocycles. The third kappa shape index (κ3) is 3.88. The number of anilines is 1. The third-order valence-corrected chi connectivity index (χ3v) is 5.15. The monoisotopic (exact) mass is 413 g/mol. The molecule has 0 aliphatic carbocycles. The molecule has 1 N–H and O–H groups in total. The molecule has 0 saturated heterocycles. The van der Waals surface area contributed by atoms with Crippen molar-refractivity contribution in [3.8, 4) is 5.75 Å². The summed E-state index contributed by atoms with van der Waals surface area (Å²) in [5.74, 6) is -0.367. The fraction of sp³-hybridized carbons (Fsp3) is 0.188. The number of hydrogen-bond acceptors (Lipinski definition) is 5. The van der Waals surface area contributed by atoms with Crippen molar-refractivity contribution in [2.75, 3.05) is 18.9 Å². The summed E-state index contributed by atoms with van der Waals surface area (Å²) in [6.45, 7) is 1.83. The van der Waals surface area contributed by atoms with E-state index in [9.17, 15) is 13.2 Å². The Hall–Kier alpha value is -2.06. The van der Waals surface area contributed by atoms with Crippen LogP contribution in [-0.2, 0) is 14.8 Å². The second kappa shape index (κ2) is 7.23. The van der Waals surface area contributed by atoms with Gasteiger partial charge in [0, 0.05) is 4.47 Å². The van der Waals surface area contributed by atoms with Crippen molar-refractivity contribution in [3.05, 3.63) is 52.0 Å². The van der Waals surface area contributed by atoms with Crippen LogP contribution in [0.3, 0.4) is 0 Å². The van der Waals surface area contributed by atoms with E-state index in [1.165, 1.54) is 32.4 Å². The van der Waals surface area contributed by atoms with Crippen molar-refractivity contribution in [1.29, 1.82) is 0 Å². The molecule has 2 aromatic rings. The van der Waals surface area contributed by atoms with Gasteiger partial charge in [-0.2, -0.15) is 0 Å². The van der Waals surface area contributed by atoms with E-state index in [1.807, 2.05) is 6.92 Å². The van der Waals surface area contributed by atoms with E-state index in [-0.39, 0.29) is 16.1 Å². The highest BCUT2D eigenvalue weighted by Crippen LogP contribution is 2.29. The number of rotatable bonds is 5. The zero-order valence-corrected chi connectivity index (χ0v) is 15.7. The maximum absolute atomic E-state index is 12.7. The van der Waals surface area contributed by atoms with Crippen LogP contribution in [0.15, 0.2) is 45.8 Å². The van der Waals surface area contributed by atoms with Gasteiger partial charge in [-0.05, 0) is 42.8 Å². The number of methoxy groups -OCH3 is 2. The normalized spacial score (nSPS) is 11.0. The Morgan fingerprint density at radius 3 is 2.46 bits per heavy atom. The Morgan fingerprint density at radius 1 is 1.12 bits per heavy atom. The number of carbonyl (C=O) groups excluding carboxylic acids is 1. The summed E-state index contributed by atoms with van der Waals surface area (Å²) in [4.78, 5) is 11.7. The van der Waals surface area contributed by atoms with Gasteiger partial charge < -0.3 is 9.47 Å². The average molecular weight is 414 g/mol. The lowest BCUT2D eigenvalue weighted by Crippen LogP contribution is -2.18. The van der Waals surface area contributed by atoms with E-state index in [2.05, 4.69) is 25.4 Å². The predicted octanol–water partition coefficient (Wildman–Crippen LogP) is 3.35. The molecule has 128 valence electrons. The number of sulfonamides is 1. The molecule has 0 aliphatic rings. The molecule has 0 radical (unpaired) electrons. The summed E-state index contributed by atoms with van der Waals surface area (Å²) < 4.78 is 38.3. The predicted molar refractivity (Wildman–Crippen MR) is 94.0 cm³/mol. The summed E-state index contributed by atoms with van der Waals surface area (Å²) in [5, 5.41) is 0. The zero-order valence-electron chi connectivity index (χ0n) is 13.3. The molecule has 0 atom stereocenters. The van der Waals surface area contributed by atoms with Crippen LogP contribution in [0.25, 0.3) is 0 Å². The lowest BCUT2D eigenvalue weighted by atomic mass is 10.2. The number of ether oxygens (including phenoxy) is 2.